The molecular weight excluding hydrogens is 392 g/mol. The maximum atomic E-state index is 12.8. The summed E-state index contributed by atoms with van der Waals surface area (Å²) in [6, 6.07) is 15.2. The molecule has 0 aromatic heterocycles. The number of amides is 2. The number of carbonyl (C=O) groups is 2. The molecule has 1 saturated heterocycles. The second-order valence-corrected chi connectivity index (χ2v) is 7.38. The number of ether oxygens (including phenoxy) is 2. The molecule has 0 unspecified atom stereocenters. The van der Waals surface area contributed by atoms with Crippen LogP contribution in [-0.2, 0) is 16.0 Å². The molecule has 2 aromatic carbocycles. The summed E-state index contributed by atoms with van der Waals surface area (Å²) in [4.78, 5) is 29.1. The Hall–Kier alpha value is -3.28. The standard InChI is InChI=1S/C25H30N2O4/c1-3-31-22-12-9-20(10-13-22)11-14-24(28)26-15-6-16-27(18-17-26)25(29)19-21-7-4-5-8-23(21)30-2/h4-5,7-14H,3,6,15-19H2,1-2H3/b14-11+. The third-order valence-electron chi connectivity index (χ3n) is 5.30. The lowest BCUT2D eigenvalue weighted by molar-refractivity contribution is -0.131. The smallest absolute Gasteiger partial charge is 0.246 e. The van der Waals surface area contributed by atoms with Crippen LogP contribution >= 0.6 is 0 Å². The van der Waals surface area contributed by atoms with Gasteiger partial charge in [-0.15, -0.1) is 0 Å². The lowest BCUT2D eigenvalue weighted by Crippen LogP contribution is -2.37. The number of hydrogen-bond donors (Lipinski definition) is 0. The molecule has 0 bridgehead atoms. The monoisotopic (exact) mass is 422 g/mol. The van der Waals surface area contributed by atoms with Crippen LogP contribution < -0.4 is 9.47 Å². The summed E-state index contributed by atoms with van der Waals surface area (Å²) in [5.74, 6) is 1.56. The molecule has 1 heterocycles. The molecule has 1 fully saturated rings. The van der Waals surface area contributed by atoms with Crippen LogP contribution in [0.4, 0.5) is 0 Å². The van der Waals surface area contributed by atoms with Crippen molar-refractivity contribution >= 4 is 17.9 Å². The molecule has 2 amide bonds. The Balaban J connectivity index is 1.54. The van der Waals surface area contributed by atoms with Crippen molar-refractivity contribution in [2.75, 3.05) is 39.9 Å². The zero-order chi connectivity index (χ0) is 22.1. The SMILES string of the molecule is CCOc1ccc(/C=C/C(=O)N2CCCN(C(=O)Cc3ccccc3OC)CC2)cc1. The van der Waals surface area contributed by atoms with Crippen molar-refractivity contribution in [3.8, 4) is 11.5 Å². The van der Waals surface area contributed by atoms with Crippen LogP contribution in [0.5, 0.6) is 11.5 Å². The number of carbonyl (C=O) groups excluding carboxylic acids is 2. The quantitative estimate of drug-likeness (QED) is 0.642. The summed E-state index contributed by atoms with van der Waals surface area (Å²) in [5, 5.41) is 0. The van der Waals surface area contributed by atoms with Crippen LogP contribution in [0, 0.1) is 0 Å². The van der Waals surface area contributed by atoms with E-state index in [4.69, 9.17) is 9.47 Å². The Kier molecular flexibility index (Phi) is 8.10. The first-order valence-corrected chi connectivity index (χ1v) is 10.7. The minimum absolute atomic E-state index is 0.0343. The van der Waals surface area contributed by atoms with Gasteiger partial charge in [0.2, 0.25) is 11.8 Å². The zero-order valence-electron chi connectivity index (χ0n) is 18.3. The normalized spacial score (nSPS) is 14.4. The predicted octanol–water partition coefficient (Wildman–Crippen LogP) is 3.41. The third kappa shape index (κ3) is 6.35. The summed E-state index contributed by atoms with van der Waals surface area (Å²) in [7, 11) is 1.61. The zero-order valence-corrected chi connectivity index (χ0v) is 18.3. The predicted molar refractivity (Wildman–Crippen MR) is 121 cm³/mol. The van der Waals surface area contributed by atoms with Gasteiger partial charge in [0.05, 0.1) is 20.1 Å². The number of nitrogens with zero attached hydrogens (tertiary/aromatic N) is 2. The summed E-state index contributed by atoms with van der Waals surface area (Å²) >= 11 is 0. The van der Waals surface area contributed by atoms with Gasteiger partial charge in [-0.25, -0.2) is 0 Å². The number of para-hydroxylation sites is 1. The minimum atomic E-state index is -0.0343. The lowest BCUT2D eigenvalue weighted by atomic mass is 10.1. The van der Waals surface area contributed by atoms with E-state index in [2.05, 4.69) is 0 Å². The lowest BCUT2D eigenvalue weighted by Gasteiger charge is -2.22. The Labute approximate surface area is 184 Å². The minimum Gasteiger partial charge on any atom is -0.496 e. The number of methoxy groups -OCH3 is 1. The van der Waals surface area contributed by atoms with Gasteiger partial charge in [0, 0.05) is 37.8 Å². The van der Waals surface area contributed by atoms with Crippen LogP contribution in [0.25, 0.3) is 6.08 Å². The van der Waals surface area contributed by atoms with Crippen LogP contribution in [0.3, 0.4) is 0 Å². The van der Waals surface area contributed by atoms with E-state index in [0.717, 1.165) is 29.0 Å². The van der Waals surface area contributed by atoms with Crippen molar-refractivity contribution in [2.24, 2.45) is 0 Å². The highest BCUT2D eigenvalue weighted by Gasteiger charge is 2.21. The average molecular weight is 423 g/mol. The van der Waals surface area contributed by atoms with Crippen molar-refractivity contribution in [1.82, 2.24) is 9.80 Å². The molecule has 3 rings (SSSR count). The van der Waals surface area contributed by atoms with Gasteiger partial charge < -0.3 is 19.3 Å². The van der Waals surface area contributed by atoms with E-state index in [1.807, 2.05) is 66.4 Å². The molecule has 6 heteroatoms. The number of rotatable bonds is 7. The average Bonchev–Trinajstić information content (AvgIpc) is 3.05. The van der Waals surface area contributed by atoms with Crippen molar-refractivity contribution < 1.29 is 19.1 Å². The van der Waals surface area contributed by atoms with Crippen molar-refractivity contribution in [3.63, 3.8) is 0 Å². The second kappa shape index (κ2) is 11.2. The third-order valence-corrected chi connectivity index (χ3v) is 5.30. The summed E-state index contributed by atoms with van der Waals surface area (Å²) in [6.45, 7) is 4.94. The van der Waals surface area contributed by atoms with Crippen molar-refractivity contribution in [2.45, 2.75) is 19.8 Å². The van der Waals surface area contributed by atoms with Crippen LogP contribution in [-0.4, -0.2) is 61.5 Å². The molecule has 0 aliphatic carbocycles. The second-order valence-electron chi connectivity index (χ2n) is 7.38. The molecule has 0 atom stereocenters. The van der Waals surface area contributed by atoms with E-state index in [9.17, 15) is 9.59 Å². The first-order valence-electron chi connectivity index (χ1n) is 10.7. The fourth-order valence-electron chi connectivity index (χ4n) is 3.63. The van der Waals surface area contributed by atoms with Gasteiger partial charge in [-0.1, -0.05) is 30.3 Å². The van der Waals surface area contributed by atoms with Gasteiger partial charge in [-0.3, -0.25) is 9.59 Å². The van der Waals surface area contributed by atoms with E-state index in [1.54, 1.807) is 18.1 Å². The molecule has 6 nitrogen and oxygen atoms in total. The van der Waals surface area contributed by atoms with Crippen LogP contribution in [0.1, 0.15) is 24.5 Å². The molecule has 0 spiro atoms. The largest absolute Gasteiger partial charge is 0.496 e. The molecular formula is C25H30N2O4. The van der Waals surface area contributed by atoms with Gasteiger partial charge >= 0.3 is 0 Å². The maximum absolute atomic E-state index is 12.8. The van der Waals surface area contributed by atoms with Crippen molar-refractivity contribution in [3.05, 3.63) is 65.7 Å². The highest BCUT2D eigenvalue weighted by atomic mass is 16.5. The van der Waals surface area contributed by atoms with E-state index in [0.29, 0.717) is 39.2 Å². The summed E-state index contributed by atoms with van der Waals surface area (Å²) in [5.41, 5.74) is 1.82. The topological polar surface area (TPSA) is 59.1 Å². The summed E-state index contributed by atoms with van der Waals surface area (Å²) in [6.07, 6.45) is 4.48. The Morgan fingerprint density at radius 2 is 1.68 bits per heavy atom. The van der Waals surface area contributed by atoms with Gasteiger partial charge in [0.25, 0.3) is 0 Å². The van der Waals surface area contributed by atoms with Crippen LogP contribution in [0.15, 0.2) is 54.6 Å². The maximum Gasteiger partial charge on any atom is 0.246 e. The van der Waals surface area contributed by atoms with Gasteiger partial charge in [0.1, 0.15) is 11.5 Å². The molecule has 0 saturated carbocycles. The highest BCUT2D eigenvalue weighted by molar-refractivity contribution is 5.92. The van der Waals surface area contributed by atoms with Gasteiger partial charge in [-0.2, -0.15) is 0 Å². The Bertz CT molecular complexity index is 908. The molecule has 0 radical (unpaired) electrons. The molecule has 0 N–H and O–H groups in total. The van der Waals surface area contributed by atoms with Gasteiger partial charge in [-0.05, 0) is 43.2 Å². The van der Waals surface area contributed by atoms with Crippen molar-refractivity contribution in [1.29, 1.82) is 0 Å². The fourth-order valence-corrected chi connectivity index (χ4v) is 3.63. The molecule has 1 aliphatic rings. The van der Waals surface area contributed by atoms with E-state index >= 15 is 0 Å². The fraction of sp³-hybridized carbons (Fsp3) is 0.360. The van der Waals surface area contributed by atoms with Crippen LogP contribution in [0.2, 0.25) is 0 Å². The molecule has 2 aromatic rings. The molecule has 1 aliphatic heterocycles. The first-order chi connectivity index (χ1) is 15.1. The number of benzene rings is 2. The van der Waals surface area contributed by atoms with E-state index < -0.39 is 0 Å². The highest BCUT2D eigenvalue weighted by Crippen LogP contribution is 2.19. The Morgan fingerprint density at radius 3 is 2.42 bits per heavy atom. The molecule has 31 heavy (non-hydrogen) atoms. The molecule has 164 valence electrons. The Morgan fingerprint density at radius 1 is 0.968 bits per heavy atom. The summed E-state index contributed by atoms with van der Waals surface area (Å²) < 4.78 is 10.8. The first kappa shape index (κ1) is 22.4. The number of hydrogen-bond acceptors (Lipinski definition) is 4. The van der Waals surface area contributed by atoms with E-state index in [-0.39, 0.29) is 11.8 Å². The van der Waals surface area contributed by atoms with E-state index in [1.165, 1.54) is 0 Å². The van der Waals surface area contributed by atoms with Gasteiger partial charge in [0.15, 0.2) is 0 Å².